The molecule has 0 heterocycles. The SMILES string of the molecule is Cc1ccccc1NC(C(=O)O)c1ccc(Br)cc1F. The zero-order chi connectivity index (χ0) is 14.7. The van der Waals surface area contributed by atoms with Crippen molar-refractivity contribution < 1.29 is 14.3 Å². The van der Waals surface area contributed by atoms with Gasteiger partial charge in [0, 0.05) is 15.7 Å². The van der Waals surface area contributed by atoms with E-state index in [0.717, 1.165) is 5.56 Å². The number of aryl methyl sites for hydroxylation is 1. The highest BCUT2D eigenvalue weighted by Crippen LogP contribution is 2.26. The lowest BCUT2D eigenvalue weighted by Gasteiger charge is -2.18. The fraction of sp³-hybridized carbons (Fsp3) is 0.133. The predicted molar refractivity (Wildman–Crippen MR) is 79.3 cm³/mol. The van der Waals surface area contributed by atoms with Crippen LogP contribution in [0.15, 0.2) is 46.9 Å². The number of carboxylic acid groups (broad SMARTS) is 1. The van der Waals surface area contributed by atoms with Gasteiger partial charge >= 0.3 is 5.97 Å². The van der Waals surface area contributed by atoms with Crippen molar-refractivity contribution in [3.8, 4) is 0 Å². The van der Waals surface area contributed by atoms with Crippen molar-refractivity contribution in [2.24, 2.45) is 0 Å². The van der Waals surface area contributed by atoms with Gasteiger partial charge in [0.15, 0.2) is 6.04 Å². The second kappa shape index (κ2) is 6.05. The van der Waals surface area contributed by atoms with Crippen LogP contribution in [0.2, 0.25) is 0 Å². The highest BCUT2D eigenvalue weighted by atomic mass is 79.9. The molecule has 2 aromatic carbocycles. The molecule has 0 aliphatic rings. The van der Waals surface area contributed by atoms with Gasteiger partial charge in [0.05, 0.1) is 0 Å². The molecular weight excluding hydrogens is 325 g/mol. The van der Waals surface area contributed by atoms with E-state index in [1.54, 1.807) is 18.2 Å². The highest BCUT2D eigenvalue weighted by molar-refractivity contribution is 9.10. The maximum absolute atomic E-state index is 13.9. The van der Waals surface area contributed by atoms with E-state index in [0.29, 0.717) is 10.2 Å². The lowest BCUT2D eigenvalue weighted by atomic mass is 10.1. The molecule has 104 valence electrons. The maximum atomic E-state index is 13.9. The van der Waals surface area contributed by atoms with E-state index >= 15 is 0 Å². The standard InChI is InChI=1S/C15H13BrFNO2/c1-9-4-2-3-5-13(9)18-14(15(19)20)11-7-6-10(16)8-12(11)17/h2-8,14,18H,1H3,(H,19,20). The fourth-order valence-corrected chi connectivity index (χ4v) is 2.23. The number of benzene rings is 2. The van der Waals surface area contributed by atoms with Crippen molar-refractivity contribution in [2.75, 3.05) is 5.32 Å². The molecule has 0 aliphatic heterocycles. The third-order valence-corrected chi connectivity index (χ3v) is 3.46. The quantitative estimate of drug-likeness (QED) is 0.881. The molecule has 0 aromatic heterocycles. The number of halogens is 2. The summed E-state index contributed by atoms with van der Waals surface area (Å²) in [6, 6.07) is 10.5. The van der Waals surface area contributed by atoms with Gasteiger partial charge in [-0.15, -0.1) is 0 Å². The molecule has 0 bridgehead atoms. The molecule has 0 radical (unpaired) electrons. The summed E-state index contributed by atoms with van der Waals surface area (Å²) in [6.45, 7) is 1.86. The second-order valence-corrected chi connectivity index (χ2v) is 5.31. The van der Waals surface area contributed by atoms with Gasteiger partial charge in [0.2, 0.25) is 0 Å². The van der Waals surface area contributed by atoms with Crippen LogP contribution in [0.4, 0.5) is 10.1 Å². The summed E-state index contributed by atoms with van der Waals surface area (Å²) < 4.78 is 14.5. The van der Waals surface area contributed by atoms with Crippen LogP contribution in [-0.4, -0.2) is 11.1 Å². The summed E-state index contributed by atoms with van der Waals surface area (Å²) in [6.07, 6.45) is 0. The molecule has 1 atom stereocenters. The van der Waals surface area contributed by atoms with Crippen LogP contribution >= 0.6 is 15.9 Å². The Morgan fingerprint density at radius 1 is 1.30 bits per heavy atom. The van der Waals surface area contributed by atoms with Crippen LogP contribution in [0.5, 0.6) is 0 Å². The van der Waals surface area contributed by atoms with E-state index in [1.807, 2.05) is 19.1 Å². The minimum Gasteiger partial charge on any atom is -0.479 e. The van der Waals surface area contributed by atoms with Gasteiger partial charge in [0.25, 0.3) is 0 Å². The Hall–Kier alpha value is -1.88. The summed E-state index contributed by atoms with van der Waals surface area (Å²) in [5, 5.41) is 12.2. The van der Waals surface area contributed by atoms with Crippen LogP contribution < -0.4 is 5.32 Å². The van der Waals surface area contributed by atoms with E-state index in [1.165, 1.54) is 12.1 Å². The average Bonchev–Trinajstić information content (AvgIpc) is 2.38. The van der Waals surface area contributed by atoms with Crippen LogP contribution in [0.25, 0.3) is 0 Å². The maximum Gasteiger partial charge on any atom is 0.330 e. The Morgan fingerprint density at radius 2 is 2.00 bits per heavy atom. The van der Waals surface area contributed by atoms with Gasteiger partial charge in [-0.3, -0.25) is 0 Å². The number of anilines is 1. The zero-order valence-electron chi connectivity index (χ0n) is 10.7. The van der Waals surface area contributed by atoms with E-state index in [2.05, 4.69) is 21.2 Å². The fourth-order valence-electron chi connectivity index (χ4n) is 1.90. The summed E-state index contributed by atoms with van der Waals surface area (Å²) >= 11 is 3.15. The third kappa shape index (κ3) is 3.17. The minimum atomic E-state index is -1.14. The molecule has 5 heteroatoms. The normalized spacial score (nSPS) is 11.9. The molecule has 2 rings (SSSR count). The lowest BCUT2D eigenvalue weighted by molar-refractivity contribution is -0.138. The molecule has 0 spiro atoms. The van der Waals surface area contributed by atoms with E-state index < -0.39 is 17.8 Å². The second-order valence-electron chi connectivity index (χ2n) is 4.40. The Kier molecular flexibility index (Phi) is 4.39. The summed E-state index contributed by atoms with van der Waals surface area (Å²) in [5.74, 6) is -1.69. The van der Waals surface area contributed by atoms with Crippen molar-refractivity contribution in [3.63, 3.8) is 0 Å². The van der Waals surface area contributed by atoms with Gasteiger partial charge in [0.1, 0.15) is 5.82 Å². The Morgan fingerprint density at radius 3 is 2.60 bits per heavy atom. The van der Waals surface area contributed by atoms with E-state index in [-0.39, 0.29) is 5.56 Å². The van der Waals surface area contributed by atoms with E-state index in [4.69, 9.17) is 0 Å². The van der Waals surface area contributed by atoms with Crippen molar-refractivity contribution in [1.29, 1.82) is 0 Å². The Bertz CT molecular complexity index is 646. The number of aliphatic carboxylic acids is 1. The first kappa shape index (κ1) is 14.5. The monoisotopic (exact) mass is 337 g/mol. The number of nitrogens with one attached hydrogen (secondary N) is 1. The zero-order valence-corrected chi connectivity index (χ0v) is 12.3. The molecule has 0 fully saturated rings. The molecular formula is C15H13BrFNO2. The number of hydrogen-bond acceptors (Lipinski definition) is 2. The first-order chi connectivity index (χ1) is 9.49. The third-order valence-electron chi connectivity index (χ3n) is 2.97. The van der Waals surface area contributed by atoms with Crippen LogP contribution in [0, 0.1) is 12.7 Å². The largest absolute Gasteiger partial charge is 0.479 e. The first-order valence-corrected chi connectivity index (χ1v) is 6.78. The van der Waals surface area contributed by atoms with Gasteiger partial charge in [-0.25, -0.2) is 9.18 Å². The van der Waals surface area contributed by atoms with Crippen molar-refractivity contribution in [3.05, 3.63) is 63.9 Å². The summed E-state index contributed by atoms with van der Waals surface area (Å²) in [4.78, 5) is 11.4. The van der Waals surface area contributed by atoms with Gasteiger partial charge in [-0.05, 0) is 30.7 Å². The molecule has 0 saturated carbocycles. The Balaban J connectivity index is 2.37. The first-order valence-electron chi connectivity index (χ1n) is 5.99. The smallest absolute Gasteiger partial charge is 0.330 e. The lowest BCUT2D eigenvalue weighted by Crippen LogP contribution is -2.22. The molecule has 3 nitrogen and oxygen atoms in total. The summed E-state index contributed by atoms with van der Waals surface area (Å²) in [5.41, 5.74) is 1.67. The van der Waals surface area contributed by atoms with E-state index in [9.17, 15) is 14.3 Å². The van der Waals surface area contributed by atoms with Crippen molar-refractivity contribution in [1.82, 2.24) is 0 Å². The predicted octanol–water partition coefficient (Wildman–Crippen LogP) is 4.13. The summed E-state index contributed by atoms with van der Waals surface area (Å²) in [7, 11) is 0. The van der Waals surface area contributed by atoms with Crippen LogP contribution in [0.3, 0.4) is 0 Å². The van der Waals surface area contributed by atoms with Crippen LogP contribution in [0.1, 0.15) is 17.2 Å². The number of para-hydroxylation sites is 1. The average molecular weight is 338 g/mol. The number of carbonyl (C=O) groups is 1. The minimum absolute atomic E-state index is 0.101. The molecule has 20 heavy (non-hydrogen) atoms. The number of carboxylic acids is 1. The molecule has 0 amide bonds. The van der Waals surface area contributed by atoms with Crippen LogP contribution in [-0.2, 0) is 4.79 Å². The van der Waals surface area contributed by atoms with Gasteiger partial charge in [-0.1, -0.05) is 40.2 Å². The number of hydrogen-bond donors (Lipinski definition) is 2. The topological polar surface area (TPSA) is 49.3 Å². The molecule has 2 aromatic rings. The number of rotatable bonds is 4. The Labute approximate surface area is 124 Å². The van der Waals surface area contributed by atoms with Gasteiger partial charge in [-0.2, -0.15) is 0 Å². The highest BCUT2D eigenvalue weighted by Gasteiger charge is 2.23. The van der Waals surface area contributed by atoms with Crippen molar-refractivity contribution >= 4 is 27.6 Å². The molecule has 2 N–H and O–H groups in total. The van der Waals surface area contributed by atoms with Crippen molar-refractivity contribution in [2.45, 2.75) is 13.0 Å². The molecule has 1 unspecified atom stereocenters. The van der Waals surface area contributed by atoms with Gasteiger partial charge < -0.3 is 10.4 Å². The molecule has 0 saturated heterocycles. The molecule has 0 aliphatic carbocycles.